The highest BCUT2D eigenvalue weighted by Gasteiger charge is 2.19. The minimum atomic E-state index is -0.633. The summed E-state index contributed by atoms with van der Waals surface area (Å²) in [4.78, 5) is 11.7. The van der Waals surface area contributed by atoms with Gasteiger partial charge in [0.15, 0.2) is 0 Å². The fourth-order valence-corrected chi connectivity index (χ4v) is 2.43. The number of rotatable bonds is 4. The fraction of sp³-hybridized carbons (Fsp3) is 0.133. The lowest BCUT2D eigenvalue weighted by atomic mass is 10.0. The number of para-hydroxylation sites is 1. The monoisotopic (exact) mass is 352 g/mol. The van der Waals surface area contributed by atoms with Crippen LogP contribution in [-0.2, 0) is 4.79 Å². The molecule has 2 rings (SSSR count). The third-order valence-electron chi connectivity index (χ3n) is 2.99. The first-order valence-corrected chi connectivity index (χ1v) is 7.22. The van der Waals surface area contributed by atoms with Gasteiger partial charge < -0.3 is 11.1 Å². The molecule has 1 unspecified atom stereocenters. The number of anilines is 1. The minimum Gasteiger partial charge on any atom is -0.369 e. The Morgan fingerprint density at radius 3 is 2.60 bits per heavy atom. The molecule has 0 aliphatic carbocycles. The molecule has 1 amide bonds. The number of nitrogens with one attached hydrogen (secondary N) is 1. The Bertz CT molecular complexity index is 646. The van der Waals surface area contributed by atoms with Crippen LogP contribution in [0.25, 0.3) is 0 Å². The quantitative estimate of drug-likeness (QED) is 0.871. The van der Waals surface area contributed by atoms with Crippen molar-refractivity contribution in [1.82, 2.24) is 0 Å². The average Bonchev–Trinajstić information content (AvgIpc) is 2.41. The third-order valence-corrected chi connectivity index (χ3v) is 4.17. The number of carbonyl (C=O) groups excluding carboxylic acids is 1. The van der Waals surface area contributed by atoms with Gasteiger partial charge >= 0.3 is 0 Å². The Kier molecular flexibility index (Phi) is 4.68. The Morgan fingerprint density at radius 2 is 2.00 bits per heavy atom. The van der Waals surface area contributed by atoms with Gasteiger partial charge in [-0.05, 0) is 36.2 Å². The molecule has 0 aliphatic heterocycles. The predicted octanol–water partition coefficient (Wildman–Crippen LogP) is 4.05. The molecule has 0 heterocycles. The van der Waals surface area contributed by atoms with Crippen molar-refractivity contribution < 1.29 is 4.79 Å². The summed E-state index contributed by atoms with van der Waals surface area (Å²) < 4.78 is 0.933. The third kappa shape index (κ3) is 3.32. The van der Waals surface area contributed by atoms with E-state index in [1.807, 2.05) is 43.3 Å². The lowest BCUT2D eigenvalue weighted by Gasteiger charge is -2.18. The molecule has 2 aromatic carbocycles. The molecule has 3 nitrogen and oxygen atoms in total. The van der Waals surface area contributed by atoms with E-state index in [9.17, 15) is 4.79 Å². The molecule has 0 radical (unpaired) electrons. The number of aryl methyl sites for hydroxylation is 1. The van der Waals surface area contributed by atoms with E-state index in [0.717, 1.165) is 15.6 Å². The van der Waals surface area contributed by atoms with Crippen LogP contribution in [0.2, 0.25) is 5.02 Å². The number of benzene rings is 2. The van der Waals surface area contributed by atoms with Gasteiger partial charge in [-0.3, -0.25) is 4.79 Å². The lowest BCUT2D eigenvalue weighted by Crippen LogP contribution is -2.27. The van der Waals surface area contributed by atoms with Crippen LogP contribution in [0.1, 0.15) is 17.2 Å². The maximum atomic E-state index is 11.7. The van der Waals surface area contributed by atoms with Gasteiger partial charge in [0.1, 0.15) is 6.04 Å². The largest absolute Gasteiger partial charge is 0.369 e. The maximum absolute atomic E-state index is 11.7. The van der Waals surface area contributed by atoms with Crippen molar-refractivity contribution in [2.24, 2.45) is 5.73 Å². The zero-order valence-electron chi connectivity index (χ0n) is 10.9. The van der Waals surface area contributed by atoms with Gasteiger partial charge in [0.2, 0.25) is 5.91 Å². The zero-order valence-corrected chi connectivity index (χ0v) is 13.2. The second kappa shape index (κ2) is 6.29. The summed E-state index contributed by atoms with van der Waals surface area (Å²) in [6.45, 7) is 1.98. The first kappa shape index (κ1) is 14.9. The molecule has 0 aliphatic rings. The molecular weight excluding hydrogens is 340 g/mol. The summed E-state index contributed by atoms with van der Waals surface area (Å²) in [5, 5.41) is 3.63. The predicted molar refractivity (Wildman–Crippen MR) is 85.9 cm³/mol. The van der Waals surface area contributed by atoms with Crippen LogP contribution in [0.15, 0.2) is 46.9 Å². The molecule has 20 heavy (non-hydrogen) atoms. The maximum Gasteiger partial charge on any atom is 0.244 e. The van der Waals surface area contributed by atoms with E-state index in [0.29, 0.717) is 10.7 Å². The number of nitrogens with two attached hydrogens (primary N) is 1. The van der Waals surface area contributed by atoms with Gasteiger partial charge in [0.25, 0.3) is 0 Å². The number of primary amides is 1. The number of carbonyl (C=O) groups is 1. The second-order valence-corrected chi connectivity index (χ2v) is 5.73. The van der Waals surface area contributed by atoms with E-state index in [4.69, 9.17) is 17.3 Å². The van der Waals surface area contributed by atoms with E-state index in [2.05, 4.69) is 21.2 Å². The van der Waals surface area contributed by atoms with Crippen LogP contribution in [0.4, 0.5) is 5.69 Å². The van der Waals surface area contributed by atoms with Gasteiger partial charge in [-0.2, -0.15) is 0 Å². The molecule has 1 atom stereocenters. The van der Waals surface area contributed by atoms with E-state index in [1.165, 1.54) is 0 Å². The molecule has 0 saturated heterocycles. The standard InChI is InChI=1S/C15H14BrClN2O/c1-9-6-7-10(8-11(9)16)14(15(18)20)19-13-5-3-2-4-12(13)17/h2-8,14,19H,1H3,(H2,18,20). The molecule has 5 heteroatoms. The molecular formula is C15H14BrClN2O. The Labute approximate surface area is 131 Å². The van der Waals surface area contributed by atoms with Crippen molar-refractivity contribution in [3.63, 3.8) is 0 Å². The normalized spacial score (nSPS) is 11.9. The SMILES string of the molecule is Cc1ccc(C(Nc2ccccc2Cl)C(N)=O)cc1Br. The smallest absolute Gasteiger partial charge is 0.244 e. The van der Waals surface area contributed by atoms with E-state index >= 15 is 0 Å². The first-order valence-electron chi connectivity index (χ1n) is 6.05. The summed E-state index contributed by atoms with van der Waals surface area (Å²) in [6.07, 6.45) is 0. The Hall–Kier alpha value is -1.52. The molecule has 0 aromatic heterocycles. The van der Waals surface area contributed by atoms with Crippen molar-refractivity contribution >= 4 is 39.1 Å². The van der Waals surface area contributed by atoms with E-state index < -0.39 is 11.9 Å². The highest BCUT2D eigenvalue weighted by Crippen LogP contribution is 2.28. The summed E-state index contributed by atoms with van der Waals surface area (Å²) >= 11 is 9.55. The molecule has 3 N–H and O–H groups in total. The van der Waals surface area contributed by atoms with Gasteiger partial charge in [-0.25, -0.2) is 0 Å². The molecule has 2 aromatic rings. The molecule has 0 spiro atoms. The van der Waals surface area contributed by atoms with Crippen LogP contribution in [0.3, 0.4) is 0 Å². The Balaban J connectivity index is 2.34. The number of hydrogen-bond acceptors (Lipinski definition) is 2. The summed E-state index contributed by atoms with van der Waals surface area (Å²) in [7, 11) is 0. The van der Waals surface area contributed by atoms with Crippen LogP contribution < -0.4 is 11.1 Å². The number of amides is 1. The zero-order chi connectivity index (χ0) is 14.7. The van der Waals surface area contributed by atoms with Crippen molar-refractivity contribution in [2.75, 3.05) is 5.32 Å². The Morgan fingerprint density at radius 1 is 1.30 bits per heavy atom. The molecule has 0 bridgehead atoms. The minimum absolute atomic E-state index is 0.458. The van der Waals surface area contributed by atoms with Crippen LogP contribution in [0, 0.1) is 6.92 Å². The van der Waals surface area contributed by atoms with Gasteiger partial charge in [0, 0.05) is 4.47 Å². The van der Waals surface area contributed by atoms with E-state index in [1.54, 1.807) is 6.07 Å². The van der Waals surface area contributed by atoms with Gasteiger partial charge in [-0.1, -0.05) is 51.8 Å². The van der Waals surface area contributed by atoms with Gasteiger partial charge in [-0.15, -0.1) is 0 Å². The fourth-order valence-electron chi connectivity index (χ4n) is 1.84. The number of hydrogen-bond donors (Lipinski definition) is 2. The van der Waals surface area contributed by atoms with Gasteiger partial charge in [0.05, 0.1) is 10.7 Å². The summed E-state index contributed by atoms with van der Waals surface area (Å²) in [6, 6.07) is 12.3. The van der Waals surface area contributed by atoms with Crippen LogP contribution in [0.5, 0.6) is 0 Å². The molecule has 0 saturated carbocycles. The average molecular weight is 354 g/mol. The van der Waals surface area contributed by atoms with Crippen molar-refractivity contribution in [2.45, 2.75) is 13.0 Å². The summed E-state index contributed by atoms with van der Waals surface area (Å²) in [5.74, 6) is -0.458. The molecule has 104 valence electrons. The summed E-state index contributed by atoms with van der Waals surface area (Å²) in [5.41, 5.74) is 8.05. The van der Waals surface area contributed by atoms with Crippen LogP contribution >= 0.6 is 27.5 Å². The van der Waals surface area contributed by atoms with E-state index in [-0.39, 0.29) is 0 Å². The first-order chi connectivity index (χ1) is 9.49. The highest BCUT2D eigenvalue weighted by molar-refractivity contribution is 9.10. The van der Waals surface area contributed by atoms with Crippen molar-refractivity contribution in [3.8, 4) is 0 Å². The molecule has 0 fully saturated rings. The topological polar surface area (TPSA) is 55.1 Å². The van der Waals surface area contributed by atoms with Crippen molar-refractivity contribution in [1.29, 1.82) is 0 Å². The lowest BCUT2D eigenvalue weighted by molar-refractivity contribution is -0.118. The number of halogens is 2. The second-order valence-electron chi connectivity index (χ2n) is 4.47. The van der Waals surface area contributed by atoms with Crippen LogP contribution in [-0.4, -0.2) is 5.91 Å². The van der Waals surface area contributed by atoms with Crippen molar-refractivity contribution in [3.05, 3.63) is 63.1 Å². The highest BCUT2D eigenvalue weighted by atomic mass is 79.9.